The van der Waals surface area contributed by atoms with E-state index >= 15 is 0 Å². The van der Waals surface area contributed by atoms with Gasteiger partial charge in [-0.05, 0) is 58.6 Å². The van der Waals surface area contributed by atoms with Crippen LogP contribution in [0.2, 0.25) is 0 Å². The number of hydrogen-bond donors (Lipinski definition) is 1. The smallest absolute Gasteiger partial charge is 0.165 e. The Morgan fingerprint density at radius 3 is 2.60 bits per heavy atom. The Balaban J connectivity index is 2.16. The molecule has 1 unspecified atom stereocenters. The Morgan fingerprint density at radius 2 is 1.95 bits per heavy atom. The maximum absolute atomic E-state index is 14.0. The third-order valence-electron chi connectivity index (χ3n) is 3.08. The van der Waals surface area contributed by atoms with Crippen LogP contribution in [0.4, 0.5) is 4.39 Å². The molecule has 0 radical (unpaired) electrons. The van der Waals surface area contributed by atoms with Crippen molar-refractivity contribution in [2.75, 3.05) is 0 Å². The van der Waals surface area contributed by atoms with Gasteiger partial charge in [-0.2, -0.15) is 0 Å². The highest BCUT2D eigenvalue weighted by Gasteiger charge is 2.09. The second-order valence-electron chi connectivity index (χ2n) is 4.67. The molecule has 0 saturated heterocycles. The molecule has 0 aliphatic heterocycles. The number of halogens is 2. The van der Waals surface area contributed by atoms with Gasteiger partial charge in [-0.15, -0.1) is 0 Å². The molecule has 0 heterocycles. The summed E-state index contributed by atoms with van der Waals surface area (Å²) in [5.74, 6) is 0.427. The third kappa shape index (κ3) is 3.81. The highest BCUT2D eigenvalue weighted by Crippen LogP contribution is 2.31. The van der Waals surface area contributed by atoms with Gasteiger partial charge in [0.15, 0.2) is 11.6 Å². The fourth-order valence-electron chi connectivity index (χ4n) is 1.85. The van der Waals surface area contributed by atoms with Crippen LogP contribution in [-0.4, -0.2) is 6.04 Å². The lowest BCUT2D eigenvalue weighted by Crippen LogP contribution is -2.21. The summed E-state index contributed by atoms with van der Waals surface area (Å²) in [6.07, 6.45) is 1.54. The Morgan fingerprint density at radius 1 is 1.20 bits per heavy atom. The molecule has 0 saturated carbocycles. The maximum atomic E-state index is 14.0. The second-order valence-corrected chi connectivity index (χ2v) is 5.52. The normalized spacial score (nSPS) is 12.2. The lowest BCUT2D eigenvalue weighted by atomic mass is 10.0. The number of rotatable bonds is 5. The third-order valence-corrected chi connectivity index (χ3v) is 3.73. The van der Waals surface area contributed by atoms with E-state index in [0.717, 1.165) is 16.5 Å². The highest BCUT2D eigenvalue weighted by atomic mass is 79.9. The molecule has 106 valence electrons. The summed E-state index contributed by atoms with van der Waals surface area (Å²) in [5.41, 5.74) is 6.76. The Kier molecular flexibility index (Phi) is 5.15. The summed E-state index contributed by atoms with van der Waals surface area (Å²) in [6.45, 7) is 2.02. The maximum Gasteiger partial charge on any atom is 0.165 e. The van der Waals surface area contributed by atoms with Crippen LogP contribution in [0.25, 0.3) is 0 Å². The fraction of sp³-hybridized carbons (Fsp3) is 0.250. The van der Waals surface area contributed by atoms with Crippen molar-refractivity contribution in [3.8, 4) is 11.5 Å². The zero-order valence-electron chi connectivity index (χ0n) is 11.3. The summed E-state index contributed by atoms with van der Waals surface area (Å²) >= 11 is 3.37. The first-order valence-corrected chi connectivity index (χ1v) is 7.36. The predicted octanol–water partition coefficient (Wildman–Crippen LogP) is 4.66. The number of para-hydroxylation sites is 1. The lowest BCUT2D eigenvalue weighted by Gasteiger charge is -2.11. The molecule has 2 N–H and O–H groups in total. The van der Waals surface area contributed by atoms with Crippen molar-refractivity contribution in [2.24, 2.45) is 5.73 Å². The second kappa shape index (κ2) is 6.86. The van der Waals surface area contributed by atoms with E-state index in [1.54, 1.807) is 12.1 Å². The molecule has 2 aromatic carbocycles. The summed E-state index contributed by atoms with van der Waals surface area (Å²) < 4.78 is 20.4. The molecule has 0 bridgehead atoms. The largest absolute Gasteiger partial charge is 0.453 e. The van der Waals surface area contributed by atoms with Gasteiger partial charge < -0.3 is 10.5 Å². The molecule has 0 aromatic heterocycles. The number of ether oxygens (including phenoxy) is 1. The van der Waals surface area contributed by atoms with E-state index in [0.29, 0.717) is 12.2 Å². The van der Waals surface area contributed by atoms with E-state index in [4.69, 9.17) is 10.5 Å². The first kappa shape index (κ1) is 15.0. The van der Waals surface area contributed by atoms with E-state index in [-0.39, 0.29) is 17.6 Å². The van der Waals surface area contributed by atoms with Gasteiger partial charge in [0.25, 0.3) is 0 Å². The fourth-order valence-corrected chi connectivity index (χ4v) is 2.21. The van der Waals surface area contributed by atoms with Crippen LogP contribution in [0.5, 0.6) is 11.5 Å². The topological polar surface area (TPSA) is 35.2 Å². The predicted molar refractivity (Wildman–Crippen MR) is 82.6 cm³/mol. The lowest BCUT2D eigenvalue weighted by molar-refractivity contribution is 0.439. The van der Waals surface area contributed by atoms with Gasteiger partial charge in [0.2, 0.25) is 0 Å². The van der Waals surface area contributed by atoms with Gasteiger partial charge in [0.05, 0.1) is 4.47 Å². The molecule has 2 nitrogen and oxygen atoms in total. The van der Waals surface area contributed by atoms with Gasteiger partial charge in [-0.1, -0.05) is 25.1 Å². The first-order chi connectivity index (χ1) is 9.60. The first-order valence-electron chi connectivity index (χ1n) is 6.56. The van der Waals surface area contributed by atoms with Gasteiger partial charge >= 0.3 is 0 Å². The quantitative estimate of drug-likeness (QED) is 0.861. The van der Waals surface area contributed by atoms with Crippen molar-refractivity contribution in [3.05, 3.63) is 58.3 Å². The molecule has 4 heteroatoms. The highest BCUT2D eigenvalue weighted by molar-refractivity contribution is 9.10. The minimum Gasteiger partial charge on any atom is -0.453 e. The van der Waals surface area contributed by atoms with Crippen molar-refractivity contribution >= 4 is 15.9 Å². The minimum absolute atomic E-state index is 0.0597. The molecular formula is C16H17BrFNO. The van der Waals surface area contributed by atoms with E-state index in [1.165, 1.54) is 6.07 Å². The van der Waals surface area contributed by atoms with Crippen molar-refractivity contribution < 1.29 is 9.13 Å². The summed E-state index contributed by atoms with van der Waals surface area (Å²) in [5, 5.41) is 0. The van der Waals surface area contributed by atoms with Crippen molar-refractivity contribution in [1.29, 1.82) is 0 Å². The zero-order chi connectivity index (χ0) is 14.5. The van der Waals surface area contributed by atoms with Crippen molar-refractivity contribution in [2.45, 2.75) is 25.8 Å². The van der Waals surface area contributed by atoms with Crippen molar-refractivity contribution in [3.63, 3.8) is 0 Å². The summed E-state index contributed by atoms with van der Waals surface area (Å²) in [6, 6.07) is 12.4. The number of hydrogen-bond acceptors (Lipinski definition) is 2. The van der Waals surface area contributed by atoms with E-state index in [9.17, 15) is 4.39 Å². The summed E-state index contributed by atoms with van der Waals surface area (Å²) in [4.78, 5) is 0. The average molecular weight is 338 g/mol. The molecule has 0 aliphatic rings. The van der Waals surface area contributed by atoms with Crippen LogP contribution in [-0.2, 0) is 6.42 Å². The molecule has 0 amide bonds. The molecule has 0 aliphatic carbocycles. The molecule has 2 rings (SSSR count). The van der Waals surface area contributed by atoms with E-state index in [2.05, 4.69) is 15.9 Å². The van der Waals surface area contributed by atoms with Gasteiger partial charge in [0.1, 0.15) is 5.75 Å². The van der Waals surface area contributed by atoms with Crippen LogP contribution in [0.3, 0.4) is 0 Å². The van der Waals surface area contributed by atoms with Gasteiger partial charge in [-0.25, -0.2) is 4.39 Å². The number of nitrogens with two attached hydrogens (primary N) is 1. The SMILES string of the molecule is CCC(N)Cc1ccc(Oc2ccccc2Br)c(F)c1. The van der Waals surface area contributed by atoms with E-state index < -0.39 is 0 Å². The molecule has 2 aromatic rings. The monoisotopic (exact) mass is 337 g/mol. The van der Waals surface area contributed by atoms with Crippen LogP contribution >= 0.6 is 15.9 Å². The Hall–Kier alpha value is -1.39. The molecule has 0 fully saturated rings. The van der Waals surface area contributed by atoms with Crippen LogP contribution in [0.1, 0.15) is 18.9 Å². The van der Waals surface area contributed by atoms with Gasteiger partial charge in [0, 0.05) is 6.04 Å². The molecule has 1 atom stereocenters. The number of benzene rings is 2. The van der Waals surface area contributed by atoms with E-state index in [1.807, 2.05) is 31.2 Å². The van der Waals surface area contributed by atoms with Crippen LogP contribution < -0.4 is 10.5 Å². The standard InChI is InChI=1S/C16H17BrFNO/c1-2-12(19)9-11-7-8-16(14(18)10-11)20-15-6-4-3-5-13(15)17/h3-8,10,12H,2,9,19H2,1H3. The Bertz CT molecular complexity index is 588. The molecular weight excluding hydrogens is 321 g/mol. The van der Waals surface area contributed by atoms with Crippen molar-refractivity contribution in [1.82, 2.24) is 0 Å². The Labute approximate surface area is 126 Å². The summed E-state index contributed by atoms with van der Waals surface area (Å²) in [7, 11) is 0. The van der Waals surface area contributed by atoms with Crippen LogP contribution in [0.15, 0.2) is 46.9 Å². The molecule has 20 heavy (non-hydrogen) atoms. The average Bonchev–Trinajstić information content (AvgIpc) is 2.44. The molecule has 0 spiro atoms. The zero-order valence-corrected chi connectivity index (χ0v) is 12.9. The van der Waals surface area contributed by atoms with Gasteiger partial charge in [-0.3, -0.25) is 0 Å². The van der Waals surface area contributed by atoms with Crippen LogP contribution in [0, 0.1) is 5.82 Å². The minimum atomic E-state index is -0.374.